The normalized spacial score (nSPS) is 10.3. The quantitative estimate of drug-likeness (QED) is 0.523. The molecule has 7 nitrogen and oxygen atoms in total. The summed E-state index contributed by atoms with van der Waals surface area (Å²) in [5, 5.41) is 15.8. The van der Waals surface area contributed by atoms with Gasteiger partial charge in [0.05, 0.1) is 19.3 Å². The fourth-order valence-electron chi connectivity index (χ4n) is 1.18. The number of nitrogens with zero attached hydrogens (tertiary/aromatic N) is 2. The number of rotatable bonds is 7. The molecule has 0 unspecified atom stereocenters. The van der Waals surface area contributed by atoms with E-state index in [1.807, 2.05) is 6.20 Å². The molecule has 1 amide bonds. The molecule has 16 heavy (non-hydrogen) atoms. The zero-order valence-electron chi connectivity index (χ0n) is 8.93. The number of aliphatic hydroxyl groups is 1. The van der Waals surface area contributed by atoms with Gasteiger partial charge in [0, 0.05) is 24.8 Å². The van der Waals surface area contributed by atoms with Crippen LogP contribution in [-0.4, -0.2) is 40.7 Å². The number of aromatic nitrogens is 2. The Bertz CT molecular complexity index is 326. The van der Waals surface area contributed by atoms with Gasteiger partial charge in [0.2, 0.25) is 0 Å². The molecule has 1 aromatic rings. The lowest BCUT2D eigenvalue weighted by Crippen LogP contribution is -2.23. The van der Waals surface area contributed by atoms with E-state index in [1.165, 1.54) is 0 Å². The maximum absolute atomic E-state index is 10.2. The molecule has 1 heterocycles. The van der Waals surface area contributed by atoms with Gasteiger partial charge in [-0.3, -0.25) is 4.68 Å². The van der Waals surface area contributed by atoms with Gasteiger partial charge < -0.3 is 20.9 Å². The van der Waals surface area contributed by atoms with Crippen molar-refractivity contribution >= 4 is 6.09 Å². The van der Waals surface area contributed by atoms with Crippen LogP contribution < -0.4 is 11.1 Å². The number of carbonyl (C=O) groups excluding carboxylic acids is 1. The van der Waals surface area contributed by atoms with Crippen molar-refractivity contribution in [1.82, 2.24) is 15.1 Å². The van der Waals surface area contributed by atoms with Crippen molar-refractivity contribution in [2.75, 3.05) is 19.8 Å². The Kier molecular flexibility index (Phi) is 5.30. The summed E-state index contributed by atoms with van der Waals surface area (Å²) in [6.45, 7) is 1.98. The minimum atomic E-state index is -0.766. The first-order valence-corrected chi connectivity index (χ1v) is 4.97. The van der Waals surface area contributed by atoms with Crippen molar-refractivity contribution in [2.24, 2.45) is 5.73 Å². The molecule has 0 aliphatic heterocycles. The number of amides is 1. The predicted molar refractivity (Wildman–Crippen MR) is 56.6 cm³/mol. The molecule has 0 aliphatic rings. The minimum absolute atomic E-state index is 0.0704. The van der Waals surface area contributed by atoms with Crippen molar-refractivity contribution in [3.05, 3.63) is 18.0 Å². The summed E-state index contributed by atoms with van der Waals surface area (Å²) in [6, 6.07) is 0. The van der Waals surface area contributed by atoms with Gasteiger partial charge in [-0.05, 0) is 0 Å². The Hall–Kier alpha value is -1.60. The number of nitrogens with two attached hydrogens (primary N) is 1. The molecular weight excluding hydrogens is 212 g/mol. The first-order valence-electron chi connectivity index (χ1n) is 4.97. The lowest BCUT2D eigenvalue weighted by Gasteiger charge is -2.02. The van der Waals surface area contributed by atoms with Crippen LogP contribution in [0.15, 0.2) is 12.4 Å². The number of hydrogen-bond donors (Lipinski definition) is 3. The Labute approximate surface area is 93.2 Å². The molecular formula is C9H16N4O3. The first-order chi connectivity index (χ1) is 7.72. The average molecular weight is 228 g/mol. The monoisotopic (exact) mass is 228 g/mol. The van der Waals surface area contributed by atoms with Crippen molar-refractivity contribution in [2.45, 2.75) is 13.1 Å². The fourth-order valence-corrected chi connectivity index (χ4v) is 1.18. The SMILES string of the molecule is NC(=O)OCCNCc1cnn(CCO)c1. The predicted octanol–water partition coefficient (Wildman–Crippen LogP) is -0.940. The van der Waals surface area contributed by atoms with Gasteiger partial charge in [0.15, 0.2) is 0 Å². The summed E-state index contributed by atoms with van der Waals surface area (Å²) in [5.41, 5.74) is 5.80. The highest BCUT2D eigenvalue weighted by atomic mass is 16.5. The van der Waals surface area contributed by atoms with Crippen LogP contribution in [0.3, 0.4) is 0 Å². The van der Waals surface area contributed by atoms with Gasteiger partial charge in [-0.25, -0.2) is 4.79 Å². The summed E-state index contributed by atoms with van der Waals surface area (Å²) < 4.78 is 6.21. The summed E-state index contributed by atoms with van der Waals surface area (Å²) in [5.74, 6) is 0. The van der Waals surface area contributed by atoms with Gasteiger partial charge in [-0.15, -0.1) is 0 Å². The van der Waals surface area contributed by atoms with Crippen LogP contribution in [0.2, 0.25) is 0 Å². The number of hydrogen-bond acceptors (Lipinski definition) is 5. The molecule has 0 radical (unpaired) electrons. The van der Waals surface area contributed by atoms with Crippen LogP contribution in [-0.2, 0) is 17.8 Å². The first kappa shape index (κ1) is 12.5. The Morgan fingerprint density at radius 1 is 1.69 bits per heavy atom. The molecule has 0 spiro atoms. The molecule has 0 saturated carbocycles. The Balaban J connectivity index is 2.14. The van der Waals surface area contributed by atoms with E-state index in [-0.39, 0.29) is 13.2 Å². The largest absolute Gasteiger partial charge is 0.448 e. The van der Waals surface area contributed by atoms with Crippen molar-refractivity contribution in [3.8, 4) is 0 Å². The topological polar surface area (TPSA) is 102 Å². The zero-order chi connectivity index (χ0) is 11.8. The van der Waals surface area contributed by atoms with E-state index in [2.05, 4.69) is 15.2 Å². The van der Waals surface area contributed by atoms with E-state index < -0.39 is 6.09 Å². The molecule has 4 N–H and O–H groups in total. The van der Waals surface area contributed by atoms with Crippen LogP contribution in [0, 0.1) is 0 Å². The van der Waals surface area contributed by atoms with Crippen LogP contribution >= 0.6 is 0 Å². The Morgan fingerprint density at radius 3 is 3.19 bits per heavy atom. The van der Waals surface area contributed by atoms with Gasteiger partial charge >= 0.3 is 6.09 Å². The standard InChI is InChI=1S/C9H16N4O3/c10-9(15)16-4-1-11-5-8-6-12-13(7-8)2-3-14/h6-7,11,14H,1-5H2,(H2,10,15). The molecule has 7 heteroatoms. The maximum Gasteiger partial charge on any atom is 0.404 e. The van der Waals surface area contributed by atoms with E-state index in [4.69, 9.17) is 10.8 Å². The third-order valence-electron chi connectivity index (χ3n) is 1.87. The summed E-state index contributed by atoms with van der Waals surface area (Å²) in [4.78, 5) is 10.2. The van der Waals surface area contributed by atoms with Crippen molar-refractivity contribution in [3.63, 3.8) is 0 Å². The van der Waals surface area contributed by atoms with E-state index in [1.54, 1.807) is 10.9 Å². The molecule has 1 aromatic heterocycles. The third kappa shape index (κ3) is 4.76. The molecule has 0 aliphatic carbocycles. The van der Waals surface area contributed by atoms with Crippen molar-refractivity contribution < 1.29 is 14.6 Å². The molecule has 0 bridgehead atoms. The van der Waals surface area contributed by atoms with E-state index in [0.29, 0.717) is 19.6 Å². The number of aliphatic hydroxyl groups excluding tert-OH is 1. The van der Waals surface area contributed by atoms with Crippen molar-refractivity contribution in [1.29, 1.82) is 0 Å². The lowest BCUT2D eigenvalue weighted by atomic mass is 10.3. The number of primary amides is 1. The van der Waals surface area contributed by atoms with E-state index in [0.717, 1.165) is 5.56 Å². The fraction of sp³-hybridized carbons (Fsp3) is 0.556. The average Bonchev–Trinajstić information content (AvgIpc) is 2.65. The maximum atomic E-state index is 10.2. The number of carbonyl (C=O) groups is 1. The minimum Gasteiger partial charge on any atom is -0.448 e. The highest BCUT2D eigenvalue weighted by molar-refractivity contribution is 5.64. The third-order valence-corrected chi connectivity index (χ3v) is 1.87. The van der Waals surface area contributed by atoms with Crippen LogP contribution in [0.1, 0.15) is 5.56 Å². The van der Waals surface area contributed by atoms with Gasteiger partial charge in [0.25, 0.3) is 0 Å². The van der Waals surface area contributed by atoms with Gasteiger partial charge in [-0.2, -0.15) is 5.10 Å². The summed E-state index contributed by atoms with van der Waals surface area (Å²) in [7, 11) is 0. The lowest BCUT2D eigenvalue weighted by molar-refractivity contribution is 0.157. The second kappa shape index (κ2) is 6.81. The highest BCUT2D eigenvalue weighted by Gasteiger charge is 1.98. The second-order valence-electron chi connectivity index (χ2n) is 3.18. The molecule has 1 rings (SSSR count). The van der Waals surface area contributed by atoms with E-state index in [9.17, 15) is 4.79 Å². The van der Waals surface area contributed by atoms with Crippen LogP contribution in [0.4, 0.5) is 4.79 Å². The van der Waals surface area contributed by atoms with E-state index >= 15 is 0 Å². The smallest absolute Gasteiger partial charge is 0.404 e. The number of nitrogens with one attached hydrogen (secondary N) is 1. The van der Waals surface area contributed by atoms with Gasteiger partial charge in [-0.1, -0.05) is 0 Å². The second-order valence-corrected chi connectivity index (χ2v) is 3.18. The summed E-state index contributed by atoms with van der Waals surface area (Å²) in [6.07, 6.45) is 2.80. The molecule has 0 aromatic carbocycles. The highest BCUT2D eigenvalue weighted by Crippen LogP contribution is 1.96. The Morgan fingerprint density at radius 2 is 2.50 bits per heavy atom. The van der Waals surface area contributed by atoms with Crippen LogP contribution in [0.5, 0.6) is 0 Å². The van der Waals surface area contributed by atoms with Crippen LogP contribution in [0.25, 0.3) is 0 Å². The number of ether oxygens (including phenoxy) is 1. The molecule has 0 fully saturated rings. The zero-order valence-corrected chi connectivity index (χ0v) is 8.93. The molecule has 0 atom stereocenters. The van der Waals surface area contributed by atoms with Gasteiger partial charge in [0.1, 0.15) is 6.61 Å². The molecule has 90 valence electrons. The molecule has 0 saturated heterocycles. The summed E-state index contributed by atoms with van der Waals surface area (Å²) >= 11 is 0.